The van der Waals surface area contributed by atoms with E-state index in [1.165, 1.54) is 0 Å². The summed E-state index contributed by atoms with van der Waals surface area (Å²) in [6.45, 7) is 2.82. The zero-order chi connectivity index (χ0) is 4.83. The molecule has 0 rings (SSSR count). The lowest BCUT2D eigenvalue weighted by Crippen LogP contribution is -1.73. The molecule has 0 unspecified atom stereocenters. The van der Waals surface area contributed by atoms with Gasteiger partial charge in [-0.15, -0.1) is 11.6 Å². The number of aliphatic imine (C=N–C) groups is 1. The second-order valence-electron chi connectivity index (χ2n) is 0.836. The normalized spacial score (nSPS) is 10.3. The van der Waals surface area contributed by atoms with E-state index in [1.54, 1.807) is 6.21 Å². The monoisotopic (exact) mass is 105 g/mol. The van der Waals surface area contributed by atoms with Gasteiger partial charge in [-0.05, 0) is 6.92 Å². The lowest BCUT2D eigenvalue weighted by molar-refractivity contribution is 1.14. The van der Waals surface area contributed by atoms with E-state index < -0.39 is 0 Å². The van der Waals surface area contributed by atoms with Gasteiger partial charge in [0.25, 0.3) is 0 Å². The Kier molecular flexibility index (Phi) is 4.93. The Bertz CT molecular complexity index is 36.8. The van der Waals surface area contributed by atoms with Crippen LogP contribution in [0.4, 0.5) is 0 Å². The maximum atomic E-state index is 5.23. The van der Waals surface area contributed by atoms with Crippen molar-refractivity contribution in [2.24, 2.45) is 4.99 Å². The predicted molar refractivity (Wildman–Crippen MR) is 29.8 cm³/mol. The zero-order valence-corrected chi connectivity index (χ0v) is 4.57. The fourth-order valence-corrected chi connectivity index (χ4v) is 0.275. The number of hydrogen-bond donors (Lipinski definition) is 0. The minimum atomic E-state index is 0.536. The van der Waals surface area contributed by atoms with Gasteiger partial charge >= 0.3 is 0 Å². The van der Waals surface area contributed by atoms with Gasteiger partial charge in [-0.3, -0.25) is 4.99 Å². The molecule has 0 spiro atoms. The average Bonchev–Trinajstić information content (AvgIpc) is 1.61. The summed E-state index contributed by atoms with van der Waals surface area (Å²) >= 11 is 5.23. The average molecular weight is 106 g/mol. The van der Waals surface area contributed by atoms with Crippen LogP contribution in [0.25, 0.3) is 0 Å². The van der Waals surface area contributed by atoms with Gasteiger partial charge in [0.15, 0.2) is 0 Å². The van der Waals surface area contributed by atoms with Crippen LogP contribution in [0, 0.1) is 0 Å². The summed E-state index contributed by atoms with van der Waals surface area (Å²) in [5.41, 5.74) is 0. The first-order valence-corrected chi connectivity index (χ1v) is 2.49. The van der Waals surface area contributed by atoms with Crippen molar-refractivity contribution in [1.29, 1.82) is 0 Å². The van der Waals surface area contributed by atoms with Crippen molar-refractivity contribution < 1.29 is 0 Å². The van der Waals surface area contributed by atoms with Crippen LogP contribution in [0.2, 0.25) is 0 Å². The van der Waals surface area contributed by atoms with Crippen LogP contribution in [-0.4, -0.2) is 18.6 Å². The maximum absolute atomic E-state index is 5.23. The third kappa shape index (κ3) is 3.96. The highest BCUT2D eigenvalue weighted by molar-refractivity contribution is 6.24. The predicted octanol–water partition coefficient (Wildman–Crippen LogP) is 1.32. The third-order valence-electron chi connectivity index (χ3n) is 0.381. The van der Waals surface area contributed by atoms with Crippen molar-refractivity contribution in [1.82, 2.24) is 0 Å². The van der Waals surface area contributed by atoms with Gasteiger partial charge in [-0.25, -0.2) is 0 Å². The second kappa shape index (κ2) is 4.96. The lowest BCUT2D eigenvalue weighted by Gasteiger charge is -1.72. The molecule has 0 fully saturated rings. The van der Waals surface area contributed by atoms with E-state index in [9.17, 15) is 0 Å². The Morgan fingerprint density at radius 2 is 2.50 bits per heavy atom. The summed E-state index contributed by atoms with van der Waals surface area (Å²) in [7, 11) is 0. The molecule has 36 valence electrons. The maximum Gasteiger partial charge on any atom is 0.0573 e. The van der Waals surface area contributed by atoms with Gasteiger partial charge in [0.2, 0.25) is 0 Å². The zero-order valence-electron chi connectivity index (χ0n) is 3.82. The molecule has 0 aromatic heterocycles. The highest BCUT2D eigenvalue weighted by atomic mass is 35.5. The first-order valence-electron chi connectivity index (χ1n) is 1.96. The van der Waals surface area contributed by atoms with E-state index in [-0.39, 0.29) is 0 Å². The Morgan fingerprint density at radius 1 is 1.83 bits per heavy atom. The molecule has 0 aliphatic carbocycles. The van der Waals surface area contributed by atoms with Gasteiger partial charge in [-0.1, -0.05) is 0 Å². The fourth-order valence-electron chi connectivity index (χ4n) is 0.178. The lowest BCUT2D eigenvalue weighted by atomic mass is 10.7. The summed E-state index contributed by atoms with van der Waals surface area (Å²) in [4.78, 5) is 3.83. The van der Waals surface area contributed by atoms with Gasteiger partial charge in [-0.2, -0.15) is 0 Å². The summed E-state index contributed by atoms with van der Waals surface area (Å²) in [6, 6.07) is 0. The van der Waals surface area contributed by atoms with Gasteiger partial charge < -0.3 is 0 Å². The molecule has 0 aliphatic heterocycles. The van der Waals surface area contributed by atoms with E-state index in [4.69, 9.17) is 11.6 Å². The molecule has 0 aromatic rings. The van der Waals surface area contributed by atoms with Crippen molar-refractivity contribution >= 4 is 17.8 Å². The molecule has 0 aliphatic rings. The molecule has 0 saturated heterocycles. The van der Waals surface area contributed by atoms with Crippen LogP contribution >= 0.6 is 11.6 Å². The number of rotatable bonds is 2. The van der Waals surface area contributed by atoms with Crippen molar-refractivity contribution in [2.75, 3.05) is 12.4 Å². The molecule has 0 atom stereocenters. The number of nitrogens with zero attached hydrogens (tertiary/aromatic N) is 1. The van der Waals surface area contributed by atoms with Crippen molar-refractivity contribution in [2.45, 2.75) is 6.92 Å². The number of alkyl halides is 1. The van der Waals surface area contributed by atoms with Crippen molar-refractivity contribution in [3.8, 4) is 0 Å². The largest absolute Gasteiger partial charge is 0.297 e. The summed E-state index contributed by atoms with van der Waals surface area (Å²) in [5.74, 6) is 0.536. The number of halogens is 1. The quantitative estimate of drug-likeness (QED) is 0.371. The van der Waals surface area contributed by atoms with Crippen LogP contribution in [-0.2, 0) is 0 Å². The molecule has 0 N–H and O–H groups in total. The van der Waals surface area contributed by atoms with Gasteiger partial charge in [0.05, 0.1) is 5.88 Å². The SMILES string of the molecule is CCN=CCCl. The highest BCUT2D eigenvalue weighted by Crippen LogP contribution is 1.67. The Morgan fingerprint density at radius 3 is 2.67 bits per heavy atom. The Labute approximate surface area is 43.0 Å². The molecule has 0 radical (unpaired) electrons. The molecule has 0 heterocycles. The first-order chi connectivity index (χ1) is 2.91. The Hall–Kier alpha value is -0.0400. The number of hydrogen-bond acceptors (Lipinski definition) is 1. The van der Waals surface area contributed by atoms with E-state index in [0.717, 1.165) is 6.54 Å². The summed E-state index contributed by atoms with van der Waals surface area (Å²) < 4.78 is 0. The van der Waals surface area contributed by atoms with Crippen LogP contribution in [0.3, 0.4) is 0 Å². The minimum absolute atomic E-state index is 0.536. The smallest absolute Gasteiger partial charge is 0.0573 e. The van der Waals surface area contributed by atoms with Crippen molar-refractivity contribution in [3.63, 3.8) is 0 Å². The van der Waals surface area contributed by atoms with Crippen molar-refractivity contribution in [3.05, 3.63) is 0 Å². The molecule has 2 heteroatoms. The fraction of sp³-hybridized carbons (Fsp3) is 0.750. The third-order valence-corrected chi connectivity index (χ3v) is 0.519. The molecule has 1 nitrogen and oxygen atoms in total. The molecule has 6 heavy (non-hydrogen) atoms. The second-order valence-corrected chi connectivity index (χ2v) is 1.14. The molecule has 0 amide bonds. The van der Waals surface area contributed by atoms with E-state index in [0.29, 0.717) is 5.88 Å². The van der Waals surface area contributed by atoms with E-state index in [2.05, 4.69) is 4.99 Å². The molecule has 0 bridgehead atoms. The molecule has 0 aromatic carbocycles. The van der Waals surface area contributed by atoms with E-state index in [1.807, 2.05) is 6.92 Å². The minimum Gasteiger partial charge on any atom is -0.297 e. The highest BCUT2D eigenvalue weighted by Gasteiger charge is 1.61. The van der Waals surface area contributed by atoms with Crippen LogP contribution in [0.5, 0.6) is 0 Å². The topological polar surface area (TPSA) is 12.4 Å². The van der Waals surface area contributed by atoms with Crippen LogP contribution < -0.4 is 0 Å². The Balaban J connectivity index is 2.73. The van der Waals surface area contributed by atoms with E-state index >= 15 is 0 Å². The molecular weight excluding hydrogens is 97.5 g/mol. The van der Waals surface area contributed by atoms with Crippen LogP contribution in [0.15, 0.2) is 4.99 Å². The summed E-state index contributed by atoms with van der Waals surface area (Å²) in [5, 5.41) is 0. The van der Waals surface area contributed by atoms with Crippen LogP contribution in [0.1, 0.15) is 6.92 Å². The standard InChI is InChI=1S/C4H8ClN/c1-2-6-4-3-5/h4H,2-3H2,1H3. The van der Waals surface area contributed by atoms with Gasteiger partial charge in [0, 0.05) is 12.8 Å². The van der Waals surface area contributed by atoms with Gasteiger partial charge in [0.1, 0.15) is 0 Å². The molecular formula is C4H8ClN. The summed E-state index contributed by atoms with van der Waals surface area (Å²) in [6.07, 6.45) is 1.70. The molecule has 0 saturated carbocycles. The first kappa shape index (κ1) is 5.96.